The van der Waals surface area contributed by atoms with E-state index in [1.54, 1.807) is 30.3 Å². The van der Waals surface area contributed by atoms with Crippen molar-refractivity contribution in [1.29, 1.82) is 0 Å². The van der Waals surface area contributed by atoms with Gasteiger partial charge in [0.05, 0.1) is 6.42 Å². The monoisotopic (exact) mass is 316 g/mol. The molecule has 0 spiro atoms. The molecule has 0 heterocycles. The summed E-state index contributed by atoms with van der Waals surface area (Å²) in [5.41, 5.74) is 0.518. The number of hydrogen-bond donors (Lipinski definition) is 2. The Balaban J connectivity index is 2.06. The summed E-state index contributed by atoms with van der Waals surface area (Å²) >= 11 is 0. The number of urea groups is 1. The molecule has 1 aromatic carbocycles. The zero-order valence-corrected chi connectivity index (χ0v) is 13.0. The molecular weight excluding hydrogens is 296 g/mol. The van der Waals surface area contributed by atoms with Crippen molar-refractivity contribution in [3.8, 4) is 0 Å². The molecule has 23 heavy (non-hydrogen) atoms. The Kier molecular flexibility index (Phi) is 5.91. The molecule has 0 fully saturated rings. The van der Waals surface area contributed by atoms with E-state index in [0.29, 0.717) is 5.56 Å². The fourth-order valence-corrected chi connectivity index (χ4v) is 2.40. The molecule has 0 saturated carbocycles. The van der Waals surface area contributed by atoms with E-state index in [4.69, 9.17) is 4.74 Å². The highest BCUT2D eigenvalue weighted by Gasteiger charge is 2.27. The van der Waals surface area contributed by atoms with E-state index < -0.39 is 24.0 Å². The van der Waals surface area contributed by atoms with Gasteiger partial charge in [0.1, 0.15) is 0 Å². The first kappa shape index (κ1) is 16.7. The van der Waals surface area contributed by atoms with E-state index in [2.05, 4.69) is 10.6 Å². The average molecular weight is 316 g/mol. The van der Waals surface area contributed by atoms with Gasteiger partial charge in [-0.25, -0.2) is 4.79 Å². The smallest absolute Gasteiger partial charge is 0.321 e. The minimum Gasteiger partial charge on any atom is -0.447 e. The first-order chi connectivity index (χ1) is 11.1. The van der Waals surface area contributed by atoms with Gasteiger partial charge in [-0.2, -0.15) is 0 Å². The third-order valence-electron chi connectivity index (χ3n) is 3.59. The highest BCUT2D eigenvalue weighted by atomic mass is 16.5. The van der Waals surface area contributed by atoms with Gasteiger partial charge < -0.3 is 10.1 Å². The van der Waals surface area contributed by atoms with E-state index >= 15 is 0 Å². The number of esters is 1. The zero-order chi connectivity index (χ0) is 16.7. The second-order valence-corrected chi connectivity index (χ2v) is 5.32. The molecule has 0 aliphatic heterocycles. The number of benzene rings is 1. The number of carbonyl (C=O) groups excluding carboxylic acids is 3. The summed E-state index contributed by atoms with van der Waals surface area (Å²) in [6, 6.07) is 7.98. The Morgan fingerprint density at radius 2 is 2.00 bits per heavy atom. The van der Waals surface area contributed by atoms with Crippen molar-refractivity contribution in [2.24, 2.45) is 5.92 Å². The van der Waals surface area contributed by atoms with E-state index in [-0.39, 0.29) is 12.3 Å². The fraction of sp³-hybridized carbons (Fsp3) is 0.353. The van der Waals surface area contributed by atoms with Crippen LogP contribution in [0, 0.1) is 5.92 Å². The van der Waals surface area contributed by atoms with E-state index in [1.165, 1.54) is 7.05 Å². The summed E-state index contributed by atoms with van der Waals surface area (Å²) in [5.74, 6) is -0.978. The second kappa shape index (κ2) is 8.12. The number of amides is 3. The van der Waals surface area contributed by atoms with Crippen molar-refractivity contribution in [2.45, 2.75) is 25.4 Å². The first-order valence-corrected chi connectivity index (χ1v) is 7.54. The maximum Gasteiger partial charge on any atom is 0.321 e. The highest BCUT2D eigenvalue weighted by Crippen LogP contribution is 2.24. The topological polar surface area (TPSA) is 84.5 Å². The lowest BCUT2D eigenvalue weighted by molar-refractivity contribution is -0.156. The number of ether oxygens (including phenoxy) is 1. The van der Waals surface area contributed by atoms with Crippen molar-refractivity contribution >= 4 is 17.9 Å². The molecule has 1 aliphatic rings. The Morgan fingerprint density at radius 3 is 2.61 bits per heavy atom. The number of imide groups is 1. The summed E-state index contributed by atoms with van der Waals surface area (Å²) in [6.45, 7) is 0. The zero-order valence-electron chi connectivity index (χ0n) is 13.0. The van der Waals surface area contributed by atoms with Crippen LogP contribution in [0.15, 0.2) is 42.5 Å². The lowest BCUT2D eigenvalue weighted by Gasteiger charge is -2.18. The van der Waals surface area contributed by atoms with Gasteiger partial charge in [-0.15, -0.1) is 0 Å². The van der Waals surface area contributed by atoms with E-state index in [9.17, 15) is 14.4 Å². The van der Waals surface area contributed by atoms with Crippen LogP contribution in [0.25, 0.3) is 0 Å². The number of nitrogens with one attached hydrogen (secondary N) is 2. The van der Waals surface area contributed by atoms with Crippen LogP contribution in [0.5, 0.6) is 0 Å². The number of hydrogen-bond acceptors (Lipinski definition) is 4. The standard InChI is InChI=1S/C17H20N2O4/c1-18-17(22)19-16(21)15(13-9-3-2-4-10-13)23-14(20)11-12-7-5-6-8-12/h2-5,7,9-10,12,15H,6,8,11H2,1H3,(H2,18,19,21,22)/t12-,15+/m0/s1. The van der Waals surface area contributed by atoms with Crippen LogP contribution in [-0.4, -0.2) is 25.0 Å². The third kappa shape index (κ3) is 4.95. The van der Waals surface area contributed by atoms with Gasteiger partial charge in [0.15, 0.2) is 0 Å². The molecule has 2 rings (SSSR count). The van der Waals surface area contributed by atoms with Crippen LogP contribution < -0.4 is 10.6 Å². The average Bonchev–Trinajstić information content (AvgIpc) is 3.06. The summed E-state index contributed by atoms with van der Waals surface area (Å²) < 4.78 is 5.34. The molecular formula is C17H20N2O4. The van der Waals surface area contributed by atoms with Crippen molar-refractivity contribution in [2.75, 3.05) is 7.05 Å². The van der Waals surface area contributed by atoms with Gasteiger partial charge in [0, 0.05) is 12.6 Å². The molecule has 3 amide bonds. The van der Waals surface area contributed by atoms with Crippen LogP contribution in [0.2, 0.25) is 0 Å². The van der Waals surface area contributed by atoms with Gasteiger partial charge >= 0.3 is 12.0 Å². The van der Waals surface area contributed by atoms with Crippen molar-refractivity contribution in [3.05, 3.63) is 48.0 Å². The van der Waals surface area contributed by atoms with E-state index in [1.807, 2.05) is 12.2 Å². The van der Waals surface area contributed by atoms with Crippen LogP contribution >= 0.6 is 0 Å². The molecule has 1 aromatic rings. The molecule has 0 bridgehead atoms. The Bertz CT molecular complexity index is 598. The number of allylic oxidation sites excluding steroid dienone is 2. The molecule has 122 valence electrons. The van der Waals surface area contributed by atoms with Gasteiger partial charge in [0.25, 0.3) is 5.91 Å². The predicted octanol–water partition coefficient (Wildman–Crippen LogP) is 2.08. The van der Waals surface area contributed by atoms with Crippen molar-refractivity contribution in [3.63, 3.8) is 0 Å². The van der Waals surface area contributed by atoms with Gasteiger partial charge in [-0.3, -0.25) is 14.9 Å². The lowest BCUT2D eigenvalue weighted by Crippen LogP contribution is -2.41. The quantitative estimate of drug-likeness (QED) is 0.643. The molecule has 0 saturated heterocycles. The summed E-state index contributed by atoms with van der Waals surface area (Å²) in [5, 5.41) is 4.44. The molecule has 6 heteroatoms. The van der Waals surface area contributed by atoms with Gasteiger partial charge in [-0.1, -0.05) is 42.5 Å². The summed E-state index contributed by atoms with van der Waals surface area (Å²) in [7, 11) is 1.40. The summed E-state index contributed by atoms with van der Waals surface area (Å²) in [6.07, 6.45) is 4.97. The molecule has 1 aliphatic carbocycles. The molecule has 2 atom stereocenters. The normalized spacial score (nSPS) is 17.3. The molecule has 0 aromatic heterocycles. The molecule has 6 nitrogen and oxygen atoms in total. The Morgan fingerprint density at radius 1 is 1.26 bits per heavy atom. The molecule has 0 unspecified atom stereocenters. The van der Waals surface area contributed by atoms with E-state index in [0.717, 1.165) is 12.8 Å². The third-order valence-corrected chi connectivity index (χ3v) is 3.59. The van der Waals surface area contributed by atoms with Gasteiger partial charge in [0.2, 0.25) is 6.10 Å². The highest BCUT2D eigenvalue weighted by molar-refractivity contribution is 5.97. The number of carbonyl (C=O) groups is 3. The predicted molar refractivity (Wildman–Crippen MR) is 84.4 cm³/mol. The number of rotatable bonds is 5. The van der Waals surface area contributed by atoms with Gasteiger partial charge in [-0.05, 0) is 18.8 Å². The fourth-order valence-electron chi connectivity index (χ4n) is 2.40. The minimum atomic E-state index is -1.15. The Hall–Kier alpha value is -2.63. The Labute approximate surface area is 134 Å². The lowest BCUT2D eigenvalue weighted by atomic mass is 10.1. The first-order valence-electron chi connectivity index (χ1n) is 7.54. The molecule has 2 N–H and O–H groups in total. The van der Waals surface area contributed by atoms with Crippen LogP contribution in [0.4, 0.5) is 4.79 Å². The molecule has 0 radical (unpaired) electrons. The van der Waals surface area contributed by atoms with Crippen LogP contribution in [0.3, 0.4) is 0 Å². The van der Waals surface area contributed by atoms with Crippen LogP contribution in [0.1, 0.15) is 30.9 Å². The van der Waals surface area contributed by atoms with Crippen LogP contribution in [-0.2, 0) is 14.3 Å². The maximum absolute atomic E-state index is 12.2. The minimum absolute atomic E-state index is 0.154. The summed E-state index contributed by atoms with van der Waals surface area (Å²) in [4.78, 5) is 35.7. The van der Waals surface area contributed by atoms with Crippen molar-refractivity contribution in [1.82, 2.24) is 10.6 Å². The van der Waals surface area contributed by atoms with Crippen molar-refractivity contribution < 1.29 is 19.1 Å². The maximum atomic E-state index is 12.2. The largest absolute Gasteiger partial charge is 0.447 e. The second-order valence-electron chi connectivity index (χ2n) is 5.32. The SMILES string of the molecule is CNC(=O)NC(=O)[C@H](OC(=O)C[C@H]1C=CCC1)c1ccccc1.